The summed E-state index contributed by atoms with van der Waals surface area (Å²) in [6.45, 7) is 2.18. The second kappa shape index (κ2) is 6.22. The second-order valence-electron chi connectivity index (χ2n) is 4.82. The van der Waals surface area contributed by atoms with E-state index in [1.165, 1.54) is 10.5 Å². The normalized spacial score (nSPS) is 16.3. The quantitative estimate of drug-likeness (QED) is 0.906. The Morgan fingerprint density at radius 2 is 1.90 bits per heavy atom. The Morgan fingerprint density at radius 1 is 1.19 bits per heavy atom. The number of benzene rings is 2. The van der Waals surface area contributed by atoms with Gasteiger partial charge in [0.2, 0.25) is 0 Å². The molecule has 1 aliphatic rings. The molecule has 0 saturated heterocycles. The van der Waals surface area contributed by atoms with E-state index in [-0.39, 0.29) is 12.1 Å². The van der Waals surface area contributed by atoms with Crippen molar-refractivity contribution in [3.63, 3.8) is 0 Å². The van der Waals surface area contributed by atoms with Gasteiger partial charge in [0.05, 0.1) is 12.6 Å². The van der Waals surface area contributed by atoms with Crippen molar-refractivity contribution in [2.24, 2.45) is 0 Å². The van der Waals surface area contributed by atoms with E-state index in [0.29, 0.717) is 6.61 Å². The molecule has 3 rings (SSSR count). The first kappa shape index (κ1) is 14.0. The lowest BCUT2D eigenvalue weighted by molar-refractivity contribution is 0.149. The molecule has 3 nitrogen and oxygen atoms in total. The molecule has 1 aliphatic heterocycles. The van der Waals surface area contributed by atoms with Crippen LogP contribution in [0.3, 0.4) is 0 Å². The first-order valence-corrected chi connectivity index (χ1v) is 8.01. The summed E-state index contributed by atoms with van der Waals surface area (Å²) in [5.41, 5.74) is 3.52. The van der Waals surface area contributed by atoms with Crippen molar-refractivity contribution in [1.82, 2.24) is 5.32 Å². The lowest BCUT2D eigenvalue weighted by Gasteiger charge is -2.21. The predicted octanol–water partition coefficient (Wildman–Crippen LogP) is 4.13. The van der Waals surface area contributed by atoms with Gasteiger partial charge >= 0.3 is 6.09 Å². The van der Waals surface area contributed by atoms with E-state index in [4.69, 9.17) is 4.74 Å². The van der Waals surface area contributed by atoms with E-state index in [9.17, 15) is 4.79 Å². The van der Waals surface area contributed by atoms with E-state index in [1.54, 1.807) is 11.8 Å². The van der Waals surface area contributed by atoms with E-state index in [1.807, 2.05) is 31.2 Å². The Kier molecular flexibility index (Phi) is 4.15. The molecule has 1 amide bonds. The van der Waals surface area contributed by atoms with Crippen molar-refractivity contribution in [2.75, 3.05) is 6.61 Å². The molecule has 0 aromatic heterocycles. The summed E-state index contributed by atoms with van der Waals surface area (Å²) < 4.78 is 5.06. The van der Waals surface area contributed by atoms with Crippen molar-refractivity contribution in [3.05, 3.63) is 65.2 Å². The van der Waals surface area contributed by atoms with Gasteiger partial charge in [-0.15, -0.1) is 11.8 Å². The fraction of sp³-hybridized carbons (Fsp3) is 0.235. The van der Waals surface area contributed by atoms with Crippen molar-refractivity contribution < 1.29 is 9.53 Å². The molecular formula is C17H17NO2S. The zero-order valence-corrected chi connectivity index (χ0v) is 12.7. The molecule has 4 heteroatoms. The molecule has 0 fully saturated rings. The van der Waals surface area contributed by atoms with Crippen molar-refractivity contribution >= 4 is 17.9 Å². The molecule has 1 atom stereocenters. The monoisotopic (exact) mass is 299 g/mol. The first-order valence-electron chi connectivity index (χ1n) is 7.02. The number of nitrogens with one attached hydrogen (secondary N) is 1. The number of hydrogen-bond acceptors (Lipinski definition) is 3. The molecule has 0 spiro atoms. The summed E-state index contributed by atoms with van der Waals surface area (Å²) in [7, 11) is 0. The van der Waals surface area contributed by atoms with Crippen molar-refractivity contribution in [1.29, 1.82) is 0 Å². The van der Waals surface area contributed by atoms with Crippen LogP contribution in [0.25, 0.3) is 0 Å². The number of ether oxygens (including phenoxy) is 1. The smallest absolute Gasteiger partial charge is 0.407 e. The third-order valence-electron chi connectivity index (χ3n) is 3.52. The van der Waals surface area contributed by atoms with Gasteiger partial charge in [-0.1, -0.05) is 42.5 Å². The second-order valence-corrected chi connectivity index (χ2v) is 5.84. The highest BCUT2D eigenvalue weighted by atomic mass is 32.2. The summed E-state index contributed by atoms with van der Waals surface area (Å²) in [5.74, 6) is 0.911. The lowest BCUT2D eigenvalue weighted by Crippen LogP contribution is -2.30. The Labute approximate surface area is 128 Å². The Balaban J connectivity index is 2.04. The molecular weight excluding hydrogens is 282 g/mol. The van der Waals surface area contributed by atoms with Gasteiger partial charge in [0, 0.05) is 10.6 Å². The molecule has 0 radical (unpaired) electrons. The predicted molar refractivity (Wildman–Crippen MR) is 84.4 cm³/mol. The summed E-state index contributed by atoms with van der Waals surface area (Å²) in [5, 5.41) is 3.00. The summed E-state index contributed by atoms with van der Waals surface area (Å²) in [6.07, 6.45) is -0.376. The number of hydrogen-bond donors (Lipinski definition) is 1. The Bertz CT molecular complexity index is 609. The number of carbonyl (C=O) groups is 1. The van der Waals surface area contributed by atoms with Crippen LogP contribution in [0.5, 0.6) is 0 Å². The van der Waals surface area contributed by atoms with Gasteiger partial charge in [0.25, 0.3) is 0 Å². The highest BCUT2D eigenvalue weighted by Crippen LogP contribution is 2.39. The Hall–Kier alpha value is -1.94. The molecule has 21 heavy (non-hydrogen) atoms. The number of rotatable bonds is 2. The molecule has 0 saturated carbocycles. The fourth-order valence-corrected chi connectivity index (χ4v) is 3.67. The van der Waals surface area contributed by atoms with Crippen LogP contribution >= 0.6 is 11.8 Å². The van der Waals surface area contributed by atoms with Crippen LogP contribution in [0.2, 0.25) is 0 Å². The van der Waals surface area contributed by atoms with Crippen LogP contribution < -0.4 is 5.32 Å². The van der Waals surface area contributed by atoms with Gasteiger partial charge in [0.15, 0.2) is 0 Å². The van der Waals surface area contributed by atoms with Gasteiger partial charge in [-0.25, -0.2) is 4.79 Å². The summed E-state index contributed by atoms with van der Waals surface area (Å²) >= 11 is 1.80. The maximum Gasteiger partial charge on any atom is 0.407 e. The minimum absolute atomic E-state index is 0.161. The van der Waals surface area contributed by atoms with Gasteiger partial charge in [0.1, 0.15) is 0 Å². The highest BCUT2D eigenvalue weighted by molar-refractivity contribution is 7.98. The number of thioether (sulfide) groups is 1. The van der Waals surface area contributed by atoms with E-state index < -0.39 is 0 Å². The van der Waals surface area contributed by atoms with Crippen molar-refractivity contribution in [3.8, 4) is 0 Å². The maximum absolute atomic E-state index is 11.9. The molecule has 0 bridgehead atoms. The minimum atomic E-state index is -0.376. The average Bonchev–Trinajstić information content (AvgIpc) is 2.66. The molecule has 2 aromatic carbocycles. The molecule has 0 aliphatic carbocycles. The Morgan fingerprint density at radius 3 is 2.71 bits per heavy atom. The number of carbonyl (C=O) groups excluding carboxylic acids is 1. The van der Waals surface area contributed by atoms with E-state index in [2.05, 4.69) is 29.6 Å². The summed E-state index contributed by atoms with van der Waals surface area (Å²) in [6, 6.07) is 16.3. The molecule has 1 heterocycles. The van der Waals surface area contributed by atoms with Crippen LogP contribution in [0.1, 0.15) is 29.7 Å². The van der Waals surface area contributed by atoms with Gasteiger partial charge in [-0.05, 0) is 29.7 Å². The van der Waals surface area contributed by atoms with Crippen LogP contribution in [-0.2, 0) is 10.5 Å². The first-order chi connectivity index (χ1) is 10.3. The van der Waals surface area contributed by atoms with Crippen LogP contribution in [0.4, 0.5) is 4.79 Å². The highest BCUT2D eigenvalue weighted by Gasteiger charge is 2.25. The lowest BCUT2D eigenvalue weighted by atomic mass is 9.95. The van der Waals surface area contributed by atoms with E-state index in [0.717, 1.165) is 16.9 Å². The van der Waals surface area contributed by atoms with Gasteiger partial charge < -0.3 is 10.1 Å². The zero-order chi connectivity index (χ0) is 14.7. The molecule has 108 valence electrons. The van der Waals surface area contributed by atoms with E-state index >= 15 is 0 Å². The number of amides is 1. The standard InChI is InChI=1S/C17H17NO2S/c1-2-20-17(19)18-16-13-8-4-3-7-12(13)11-21-15-10-6-5-9-14(15)16/h3-10,16H,2,11H2,1H3,(H,18,19)/t16-/m0/s1. The SMILES string of the molecule is CCOC(=O)N[C@H]1c2ccccc2CSc2ccccc21. The number of alkyl carbamates (subject to hydrolysis) is 1. The van der Waals surface area contributed by atoms with Gasteiger partial charge in [-0.2, -0.15) is 0 Å². The fourth-order valence-electron chi connectivity index (χ4n) is 2.57. The van der Waals surface area contributed by atoms with Crippen LogP contribution in [0.15, 0.2) is 53.4 Å². The number of fused-ring (bicyclic) bond motifs is 2. The molecule has 0 unspecified atom stereocenters. The zero-order valence-electron chi connectivity index (χ0n) is 11.8. The third-order valence-corrected chi connectivity index (χ3v) is 4.66. The van der Waals surface area contributed by atoms with Crippen molar-refractivity contribution in [2.45, 2.75) is 23.6 Å². The van der Waals surface area contributed by atoms with Gasteiger partial charge in [-0.3, -0.25) is 0 Å². The minimum Gasteiger partial charge on any atom is -0.450 e. The molecule has 1 N–H and O–H groups in total. The third kappa shape index (κ3) is 2.90. The maximum atomic E-state index is 11.9. The topological polar surface area (TPSA) is 38.3 Å². The van der Waals surface area contributed by atoms with Crippen LogP contribution in [-0.4, -0.2) is 12.7 Å². The summed E-state index contributed by atoms with van der Waals surface area (Å²) in [4.78, 5) is 13.1. The van der Waals surface area contributed by atoms with Crippen LogP contribution in [0, 0.1) is 0 Å². The average molecular weight is 299 g/mol. The molecule has 2 aromatic rings. The largest absolute Gasteiger partial charge is 0.450 e.